The summed E-state index contributed by atoms with van der Waals surface area (Å²) in [5.74, 6) is 0.321. The largest absolute Gasteiger partial charge is 0.508 e. The van der Waals surface area contributed by atoms with Gasteiger partial charge in [0.25, 0.3) is 0 Å². The van der Waals surface area contributed by atoms with Crippen molar-refractivity contribution in [3.05, 3.63) is 64.7 Å². The first-order chi connectivity index (χ1) is 10.0. The fourth-order valence-corrected chi connectivity index (χ4v) is 2.53. The Morgan fingerprint density at radius 2 is 1.62 bits per heavy atom. The Balaban J connectivity index is 1.82. The maximum Gasteiger partial charge on any atom is 0.115 e. The predicted octanol–water partition coefficient (Wildman–Crippen LogP) is 4.72. The minimum atomic E-state index is 0.303. The molecular weight excluding hydrogens is 282 g/mol. The highest BCUT2D eigenvalue weighted by Crippen LogP contribution is 2.18. The molecule has 0 saturated carbocycles. The summed E-state index contributed by atoms with van der Waals surface area (Å²) in [6.45, 7) is 4.37. The Bertz CT molecular complexity index is 550. The van der Waals surface area contributed by atoms with Gasteiger partial charge in [0, 0.05) is 17.1 Å². The number of rotatable bonds is 6. The third-order valence-electron chi connectivity index (χ3n) is 3.71. The molecule has 21 heavy (non-hydrogen) atoms. The van der Waals surface area contributed by atoms with Gasteiger partial charge in [-0.1, -0.05) is 35.9 Å². The van der Waals surface area contributed by atoms with Crippen molar-refractivity contribution in [2.24, 2.45) is 0 Å². The summed E-state index contributed by atoms with van der Waals surface area (Å²) in [5.41, 5.74) is 2.50. The molecule has 0 aliphatic heterocycles. The van der Waals surface area contributed by atoms with Crippen LogP contribution in [0.4, 0.5) is 0 Å². The average molecular weight is 304 g/mol. The molecule has 3 heteroatoms. The third kappa shape index (κ3) is 5.07. The van der Waals surface area contributed by atoms with Crippen molar-refractivity contribution < 1.29 is 5.11 Å². The first-order valence-corrected chi connectivity index (χ1v) is 7.72. The summed E-state index contributed by atoms with van der Waals surface area (Å²) in [6.07, 6.45) is 2.06. The van der Waals surface area contributed by atoms with Crippen LogP contribution in [-0.2, 0) is 6.42 Å². The predicted molar refractivity (Wildman–Crippen MR) is 88.9 cm³/mol. The summed E-state index contributed by atoms with van der Waals surface area (Å²) in [4.78, 5) is 0. The van der Waals surface area contributed by atoms with Gasteiger partial charge in [-0.25, -0.2) is 0 Å². The van der Waals surface area contributed by atoms with E-state index in [1.54, 1.807) is 12.1 Å². The Hall–Kier alpha value is -1.51. The molecule has 0 bridgehead atoms. The van der Waals surface area contributed by atoms with Crippen LogP contribution in [0.5, 0.6) is 5.75 Å². The summed E-state index contributed by atoms with van der Waals surface area (Å²) in [6, 6.07) is 16.1. The van der Waals surface area contributed by atoms with Crippen LogP contribution in [0.2, 0.25) is 5.02 Å². The molecule has 0 fully saturated rings. The van der Waals surface area contributed by atoms with E-state index in [9.17, 15) is 5.11 Å². The minimum absolute atomic E-state index is 0.303. The van der Waals surface area contributed by atoms with Crippen LogP contribution in [0, 0.1) is 0 Å². The van der Waals surface area contributed by atoms with Gasteiger partial charge in [0.05, 0.1) is 0 Å². The number of aromatic hydroxyl groups is 1. The topological polar surface area (TPSA) is 32.3 Å². The van der Waals surface area contributed by atoms with Gasteiger partial charge < -0.3 is 10.4 Å². The third-order valence-corrected chi connectivity index (χ3v) is 3.96. The maximum atomic E-state index is 9.28. The lowest BCUT2D eigenvalue weighted by Gasteiger charge is -2.20. The highest BCUT2D eigenvalue weighted by molar-refractivity contribution is 6.30. The number of aryl methyl sites for hydroxylation is 1. The van der Waals surface area contributed by atoms with E-state index in [0.717, 1.165) is 17.9 Å². The zero-order chi connectivity index (χ0) is 15.2. The summed E-state index contributed by atoms with van der Waals surface area (Å²) in [7, 11) is 0. The molecular formula is C18H22ClNO. The molecule has 0 heterocycles. The fraction of sp³-hybridized carbons (Fsp3) is 0.333. The molecule has 0 aliphatic carbocycles. The highest BCUT2D eigenvalue weighted by Gasteiger charge is 2.09. The van der Waals surface area contributed by atoms with E-state index in [0.29, 0.717) is 17.8 Å². The number of hydrogen-bond donors (Lipinski definition) is 2. The number of phenols is 1. The lowest BCUT2D eigenvalue weighted by atomic mass is 10.0. The van der Waals surface area contributed by atoms with Crippen molar-refractivity contribution in [2.45, 2.75) is 38.8 Å². The summed E-state index contributed by atoms with van der Waals surface area (Å²) < 4.78 is 0. The maximum absolute atomic E-state index is 9.28. The van der Waals surface area contributed by atoms with Crippen LogP contribution < -0.4 is 5.32 Å². The van der Waals surface area contributed by atoms with Gasteiger partial charge in [-0.15, -0.1) is 0 Å². The SMILES string of the molecule is CC(CCc1ccc(O)cc1)N[C@H](C)c1ccc(Cl)cc1. The van der Waals surface area contributed by atoms with E-state index in [1.807, 2.05) is 24.3 Å². The van der Waals surface area contributed by atoms with Gasteiger partial charge >= 0.3 is 0 Å². The Kier molecular flexibility index (Phi) is 5.66. The quantitative estimate of drug-likeness (QED) is 0.809. The normalized spacial score (nSPS) is 13.9. The van der Waals surface area contributed by atoms with E-state index in [-0.39, 0.29) is 0 Å². The molecule has 0 radical (unpaired) electrons. The molecule has 2 aromatic rings. The van der Waals surface area contributed by atoms with Crippen LogP contribution in [0.15, 0.2) is 48.5 Å². The smallest absolute Gasteiger partial charge is 0.115 e. The molecule has 0 aromatic heterocycles. The second kappa shape index (κ2) is 7.48. The molecule has 2 aromatic carbocycles. The molecule has 0 spiro atoms. The van der Waals surface area contributed by atoms with Gasteiger partial charge in [-0.2, -0.15) is 0 Å². The van der Waals surface area contributed by atoms with Crippen LogP contribution in [0.3, 0.4) is 0 Å². The van der Waals surface area contributed by atoms with Crippen molar-refractivity contribution in [2.75, 3.05) is 0 Å². The van der Waals surface area contributed by atoms with Gasteiger partial charge in [0.15, 0.2) is 0 Å². The molecule has 2 nitrogen and oxygen atoms in total. The molecule has 2 atom stereocenters. The molecule has 112 valence electrons. The second-order valence-electron chi connectivity index (χ2n) is 5.55. The van der Waals surface area contributed by atoms with E-state index in [1.165, 1.54) is 11.1 Å². The van der Waals surface area contributed by atoms with Crippen LogP contribution in [0.25, 0.3) is 0 Å². The molecule has 2 N–H and O–H groups in total. The van der Waals surface area contributed by atoms with Crippen molar-refractivity contribution in [1.82, 2.24) is 5.32 Å². The van der Waals surface area contributed by atoms with Crippen molar-refractivity contribution >= 4 is 11.6 Å². The van der Waals surface area contributed by atoms with Gasteiger partial charge in [0.2, 0.25) is 0 Å². The number of nitrogens with one attached hydrogen (secondary N) is 1. The van der Waals surface area contributed by atoms with E-state index < -0.39 is 0 Å². The first-order valence-electron chi connectivity index (χ1n) is 7.34. The standard InChI is InChI=1S/C18H22ClNO/c1-13(3-4-15-5-11-18(21)12-6-15)20-14(2)16-7-9-17(19)10-8-16/h5-14,20-21H,3-4H2,1-2H3/t13?,14-/m1/s1. The fourth-order valence-electron chi connectivity index (χ4n) is 2.40. The van der Waals surface area contributed by atoms with E-state index in [4.69, 9.17) is 11.6 Å². The lowest BCUT2D eigenvalue weighted by molar-refractivity contribution is 0.456. The van der Waals surface area contributed by atoms with Crippen molar-refractivity contribution in [3.8, 4) is 5.75 Å². The van der Waals surface area contributed by atoms with Crippen LogP contribution in [0.1, 0.15) is 37.4 Å². The second-order valence-corrected chi connectivity index (χ2v) is 5.98. The summed E-state index contributed by atoms with van der Waals surface area (Å²) >= 11 is 5.91. The molecule has 0 aliphatic rings. The molecule has 0 amide bonds. The molecule has 0 saturated heterocycles. The Labute approximate surface area is 131 Å². The zero-order valence-electron chi connectivity index (χ0n) is 12.5. The van der Waals surface area contributed by atoms with Gasteiger partial charge in [-0.05, 0) is 62.1 Å². The summed E-state index contributed by atoms with van der Waals surface area (Å²) in [5, 5.41) is 13.7. The van der Waals surface area contributed by atoms with Crippen molar-refractivity contribution in [3.63, 3.8) is 0 Å². The van der Waals surface area contributed by atoms with Gasteiger partial charge in [-0.3, -0.25) is 0 Å². The molecule has 1 unspecified atom stereocenters. The minimum Gasteiger partial charge on any atom is -0.508 e. The lowest BCUT2D eigenvalue weighted by Crippen LogP contribution is -2.29. The number of phenolic OH excluding ortho intramolecular Hbond substituents is 1. The Morgan fingerprint density at radius 1 is 1.00 bits per heavy atom. The zero-order valence-corrected chi connectivity index (χ0v) is 13.3. The molecule has 2 rings (SSSR count). The number of hydrogen-bond acceptors (Lipinski definition) is 2. The van der Waals surface area contributed by atoms with Crippen molar-refractivity contribution in [1.29, 1.82) is 0 Å². The highest BCUT2D eigenvalue weighted by atomic mass is 35.5. The number of benzene rings is 2. The first kappa shape index (κ1) is 15.9. The van der Waals surface area contributed by atoms with E-state index >= 15 is 0 Å². The van der Waals surface area contributed by atoms with Crippen LogP contribution >= 0.6 is 11.6 Å². The Morgan fingerprint density at radius 3 is 2.24 bits per heavy atom. The van der Waals surface area contributed by atoms with Gasteiger partial charge in [0.1, 0.15) is 5.75 Å². The average Bonchev–Trinajstić information content (AvgIpc) is 2.47. The van der Waals surface area contributed by atoms with E-state index in [2.05, 4.69) is 31.3 Å². The number of halogens is 1. The van der Waals surface area contributed by atoms with Crippen LogP contribution in [-0.4, -0.2) is 11.1 Å². The monoisotopic (exact) mass is 303 g/mol.